The SMILES string of the molecule is COc1cc2cc[n+](C)c(CCCCCc3c4c(OC)c(OC)c(OC)cc4cc[n+]3C)c2c(OC)c1OC.[I-].[I-]. The quantitative estimate of drug-likeness (QED) is 0.101. The Morgan fingerprint density at radius 2 is 0.878 bits per heavy atom. The highest BCUT2D eigenvalue weighted by molar-refractivity contribution is 5.95. The minimum atomic E-state index is 0. The smallest absolute Gasteiger partial charge is 0.204 e. The topological polar surface area (TPSA) is 63.1 Å². The lowest BCUT2D eigenvalue weighted by molar-refractivity contribution is -0.677. The van der Waals surface area contributed by atoms with Gasteiger partial charge in [-0.3, -0.25) is 0 Å². The van der Waals surface area contributed by atoms with E-state index in [1.807, 2.05) is 12.1 Å². The van der Waals surface area contributed by atoms with Gasteiger partial charge in [0.1, 0.15) is 14.1 Å². The summed E-state index contributed by atoms with van der Waals surface area (Å²) in [6.07, 6.45) is 9.14. The molecule has 41 heavy (non-hydrogen) atoms. The Bertz CT molecular complexity index is 1380. The maximum absolute atomic E-state index is 5.83. The Morgan fingerprint density at radius 1 is 0.512 bits per heavy atom. The predicted molar refractivity (Wildman–Crippen MR) is 151 cm³/mol. The molecule has 0 fully saturated rings. The van der Waals surface area contributed by atoms with Crippen LogP contribution < -0.4 is 85.5 Å². The van der Waals surface area contributed by atoms with Crippen LogP contribution in [0.5, 0.6) is 34.5 Å². The van der Waals surface area contributed by atoms with Crippen molar-refractivity contribution in [3.8, 4) is 34.5 Å². The number of halogens is 2. The van der Waals surface area contributed by atoms with E-state index in [4.69, 9.17) is 28.4 Å². The number of pyridine rings is 2. The van der Waals surface area contributed by atoms with E-state index in [1.165, 1.54) is 11.4 Å². The molecule has 0 saturated carbocycles. The van der Waals surface area contributed by atoms with Crippen LogP contribution in [0, 0.1) is 0 Å². The Balaban J connectivity index is 0.00000294. The summed E-state index contributed by atoms with van der Waals surface area (Å²) in [6.45, 7) is 0. The Kier molecular flexibility index (Phi) is 13.3. The van der Waals surface area contributed by atoms with Crippen molar-refractivity contribution in [3.05, 3.63) is 48.0 Å². The van der Waals surface area contributed by atoms with E-state index >= 15 is 0 Å². The standard InChI is InChI=1S/C31H40N2O6.2HI/c1-32-16-14-20-18-24(34-3)28(36-5)30(38-7)26(20)22(32)12-10-9-11-13-23-27-21(15-17-33(23)2)19-25(35-4)29(37-6)31(27)39-8;;/h14-19H,9-13H2,1-8H3;2*1H/q+2;;/p-2. The van der Waals surface area contributed by atoms with Crippen LogP contribution in [-0.4, -0.2) is 42.7 Å². The molecule has 0 radical (unpaired) electrons. The summed E-state index contributed by atoms with van der Waals surface area (Å²) < 4.78 is 38.4. The molecule has 0 amide bonds. The fourth-order valence-electron chi connectivity index (χ4n) is 5.49. The molecule has 10 heteroatoms. The van der Waals surface area contributed by atoms with Gasteiger partial charge < -0.3 is 76.4 Å². The highest BCUT2D eigenvalue weighted by Crippen LogP contribution is 2.45. The number of nitrogens with zero attached hydrogens (tertiary/aromatic N) is 2. The largest absolute Gasteiger partial charge is 1.00 e. The molecule has 0 spiro atoms. The monoisotopic (exact) mass is 790 g/mol. The van der Waals surface area contributed by atoms with Crippen LogP contribution in [0.3, 0.4) is 0 Å². The fourth-order valence-corrected chi connectivity index (χ4v) is 5.49. The Morgan fingerprint density at radius 3 is 1.20 bits per heavy atom. The van der Waals surface area contributed by atoms with E-state index in [9.17, 15) is 0 Å². The molecule has 2 aromatic carbocycles. The van der Waals surface area contributed by atoms with Crippen molar-refractivity contribution < 1.29 is 85.5 Å². The number of fused-ring (bicyclic) bond motifs is 2. The average Bonchev–Trinajstić information content (AvgIpc) is 2.96. The van der Waals surface area contributed by atoms with Crippen molar-refractivity contribution in [2.75, 3.05) is 42.7 Å². The summed E-state index contributed by atoms with van der Waals surface area (Å²) >= 11 is 0. The lowest BCUT2D eigenvalue weighted by Gasteiger charge is -2.16. The Labute approximate surface area is 276 Å². The molecule has 0 atom stereocenters. The summed E-state index contributed by atoms with van der Waals surface area (Å²) in [5.41, 5.74) is 2.42. The fraction of sp³-hybridized carbons (Fsp3) is 0.419. The first kappa shape index (κ1) is 34.7. The van der Waals surface area contributed by atoms with Gasteiger partial charge in [0.15, 0.2) is 46.8 Å². The zero-order valence-corrected chi connectivity index (χ0v) is 29.4. The van der Waals surface area contributed by atoms with Gasteiger partial charge in [0.25, 0.3) is 0 Å². The molecule has 0 aliphatic carbocycles. The molecule has 0 saturated heterocycles. The lowest BCUT2D eigenvalue weighted by atomic mass is 10.00. The molecule has 4 rings (SSSR count). The van der Waals surface area contributed by atoms with E-state index < -0.39 is 0 Å². The zero-order valence-electron chi connectivity index (χ0n) is 25.1. The van der Waals surface area contributed by atoms with Crippen molar-refractivity contribution >= 4 is 21.5 Å². The maximum Gasteiger partial charge on any atom is 0.204 e. The second-order valence-corrected chi connectivity index (χ2v) is 9.53. The van der Waals surface area contributed by atoms with Crippen molar-refractivity contribution in [1.82, 2.24) is 0 Å². The van der Waals surface area contributed by atoms with Crippen molar-refractivity contribution in [2.24, 2.45) is 14.1 Å². The number of rotatable bonds is 12. The number of ether oxygens (including phenoxy) is 6. The van der Waals surface area contributed by atoms with Crippen LogP contribution in [-0.2, 0) is 26.9 Å². The van der Waals surface area contributed by atoms with Gasteiger partial charge in [-0.05, 0) is 25.0 Å². The highest BCUT2D eigenvalue weighted by atomic mass is 127. The number of hydrogen-bond donors (Lipinski definition) is 0. The van der Waals surface area contributed by atoms with Gasteiger partial charge in [0.05, 0.1) is 53.4 Å². The molecule has 8 nitrogen and oxygen atoms in total. The molecular weight excluding hydrogens is 750 g/mol. The summed E-state index contributed by atoms with van der Waals surface area (Å²) in [4.78, 5) is 0. The lowest BCUT2D eigenvalue weighted by Crippen LogP contribution is -3.00. The van der Waals surface area contributed by atoms with Gasteiger partial charge in [0, 0.05) is 35.7 Å². The van der Waals surface area contributed by atoms with Crippen LogP contribution in [0.1, 0.15) is 30.7 Å². The number of hydrogen-bond acceptors (Lipinski definition) is 6. The third kappa shape index (κ3) is 6.79. The molecule has 0 aliphatic heterocycles. The first-order valence-electron chi connectivity index (χ1n) is 13.1. The normalized spacial score (nSPS) is 10.5. The first-order chi connectivity index (χ1) is 18.9. The van der Waals surface area contributed by atoms with E-state index in [0.29, 0.717) is 34.5 Å². The Hall–Kier alpha value is -2.48. The van der Waals surface area contributed by atoms with Crippen molar-refractivity contribution in [3.63, 3.8) is 0 Å². The maximum atomic E-state index is 5.83. The molecule has 4 aromatic rings. The van der Waals surface area contributed by atoms with Crippen LogP contribution in [0.25, 0.3) is 21.5 Å². The van der Waals surface area contributed by atoms with Gasteiger partial charge in [-0.1, -0.05) is 6.42 Å². The van der Waals surface area contributed by atoms with Crippen LogP contribution >= 0.6 is 0 Å². The van der Waals surface area contributed by atoms with Crippen molar-refractivity contribution in [2.45, 2.75) is 32.1 Å². The van der Waals surface area contributed by atoms with E-state index in [1.54, 1.807) is 42.7 Å². The third-order valence-electron chi connectivity index (χ3n) is 7.43. The minimum absolute atomic E-state index is 0. The molecule has 224 valence electrons. The van der Waals surface area contributed by atoms with E-state index in [2.05, 4.69) is 47.8 Å². The van der Waals surface area contributed by atoms with Crippen LogP contribution in [0.4, 0.5) is 0 Å². The minimum Gasteiger partial charge on any atom is -1.00 e. The molecule has 0 N–H and O–H groups in total. The second-order valence-electron chi connectivity index (χ2n) is 9.53. The number of aryl methyl sites for hydroxylation is 4. The van der Waals surface area contributed by atoms with Gasteiger partial charge in [-0.15, -0.1) is 0 Å². The molecular formula is C31H40I2N2O6. The number of methoxy groups -OCH3 is 6. The second kappa shape index (κ2) is 15.7. The molecule has 0 aliphatic rings. The zero-order chi connectivity index (χ0) is 28.1. The van der Waals surface area contributed by atoms with Gasteiger partial charge in [-0.2, -0.15) is 0 Å². The number of aromatic nitrogens is 2. The first-order valence-corrected chi connectivity index (χ1v) is 13.1. The summed E-state index contributed by atoms with van der Waals surface area (Å²) in [6, 6.07) is 8.19. The third-order valence-corrected chi connectivity index (χ3v) is 7.43. The van der Waals surface area contributed by atoms with E-state index in [0.717, 1.165) is 53.6 Å². The predicted octanol–water partition coefficient (Wildman–Crippen LogP) is -1.34. The number of unbranched alkanes of at least 4 members (excludes halogenated alkanes) is 2. The molecule has 2 aromatic heterocycles. The highest BCUT2D eigenvalue weighted by Gasteiger charge is 2.25. The molecule has 0 unspecified atom stereocenters. The van der Waals surface area contributed by atoms with Gasteiger partial charge in [-0.25, -0.2) is 9.13 Å². The summed E-state index contributed by atoms with van der Waals surface area (Å²) in [5, 5.41) is 4.26. The van der Waals surface area contributed by atoms with Crippen LogP contribution in [0.15, 0.2) is 36.7 Å². The number of benzene rings is 2. The summed E-state index contributed by atoms with van der Waals surface area (Å²) in [7, 11) is 14.1. The average molecular weight is 790 g/mol. The van der Waals surface area contributed by atoms with Crippen LogP contribution in [0.2, 0.25) is 0 Å². The van der Waals surface area contributed by atoms with Gasteiger partial charge in [0.2, 0.25) is 11.5 Å². The van der Waals surface area contributed by atoms with Gasteiger partial charge >= 0.3 is 0 Å². The van der Waals surface area contributed by atoms with E-state index in [-0.39, 0.29) is 48.0 Å². The summed E-state index contributed by atoms with van der Waals surface area (Å²) in [5.74, 6) is 3.96. The molecule has 0 bridgehead atoms. The molecule has 2 heterocycles. The van der Waals surface area contributed by atoms with Crippen molar-refractivity contribution in [1.29, 1.82) is 0 Å².